The number of hydrogen-bond acceptors (Lipinski definition) is 4. The quantitative estimate of drug-likeness (QED) is 0.808. The van der Waals surface area contributed by atoms with Crippen LogP contribution < -0.4 is 5.48 Å². The Morgan fingerprint density at radius 2 is 2.19 bits per heavy atom. The lowest BCUT2D eigenvalue weighted by atomic mass is 10.2. The van der Waals surface area contributed by atoms with E-state index in [1.807, 2.05) is 42.0 Å². The molecule has 0 aliphatic heterocycles. The molecule has 3 nitrogen and oxygen atoms in total. The van der Waals surface area contributed by atoms with E-state index in [0.29, 0.717) is 6.61 Å². The number of hydroxylamine groups is 1. The van der Waals surface area contributed by atoms with E-state index in [0.717, 1.165) is 5.56 Å². The van der Waals surface area contributed by atoms with Gasteiger partial charge in [0.1, 0.15) is 0 Å². The van der Waals surface area contributed by atoms with Gasteiger partial charge in [-0.25, -0.2) is 0 Å². The Kier molecular flexibility index (Phi) is 4.04. The summed E-state index contributed by atoms with van der Waals surface area (Å²) in [6, 6.07) is 10.3. The molecule has 16 heavy (non-hydrogen) atoms. The minimum atomic E-state index is 0.177. The highest BCUT2D eigenvalue weighted by Crippen LogP contribution is 2.16. The number of hydrogen-bond donors (Lipinski definition) is 1. The molecule has 0 spiro atoms. The van der Waals surface area contributed by atoms with Crippen molar-refractivity contribution < 1.29 is 4.84 Å². The maximum Gasteiger partial charge on any atom is 0.0933 e. The zero-order valence-corrected chi connectivity index (χ0v) is 9.91. The van der Waals surface area contributed by atoms with Crippen LogP contribution in [0.1, 0.15) is 23.4 Å². The molecule has 0 saturated carbocycles. The summed E-state index contributed by atoms with van der Waals surface area (Å²) in [6.45, 7) is 2.63. The van der Waals surface area contributed by atoms with Crippen molar-refractivity contribution in [2.75, 3.05) is 0 Å². The van der Waals surface area contributed by atoms with Crippen molar-refractivity contribution >= 4 is 11.3 Å². The summed E-state index contributed by atoms with van der Waals surface area (Å²) in [5.74, 6) is 0. The minimum Gasteiger partial charge on any atom is -0.296 e. The Bertz CT molecular complexity index is 402. The summed E-state index contributed by atoms with van der Waals surface area (Å²) in [5, 5.41) is 0. The molecule has 1 aromatic heterocycles. The van der Waals surface area contributed by atoms with Crippen molar-refractivity contribution in [2.24, 2.45) is 0 Å². The molecule has 0 bridgehead atoms. The van der Waals surface area contributed by atoms with Crippen LogP contribution in [0, 0.1) is 0 Å². The first kappa shape index (κ1) is 11.3. The number of thiazole rings is 1. The Hall–Kier alpha value is -1.23. The van der Waals surface area contributed by atoms with E-state index in [1.165, 1.54) is 4.88 Å². The van der Waals surface area contributed by atoms with E-state index in [4.69, 9.17) is 4.84 Å². The van der Waals surface area contributed by atoms with Crippen LogP contribution in [0.25, 0.3) is 0 Å². The molecule has 0 radical (unpaired) electrons. The van der Waals surface area contributed by atoms with Crippen LogP contribution in [-0.4, -0.2) is 4.98 Å². The van der Waals surface area contributed by atoms with Crippen LogP contribution in [0.5, 0.6) is 0 Å². The monoisotopic (exact) mass is 234 g/mol. The molecular weight excluding hydrogens is 220 g/mol. The molecule has 0 aliphatic rings. The van der Waals surface area contributed by atoms with Gasteiger partial charge in [0.25, 0.3) is 0 Å². The molecule has 0 amide bonds. The third-order valence-electron chi connectivity index (χ3n) is 2.22. The molecule has 1 unspecified atom stereocenters. The third-order valence-corrected chi connectivity index (χ3v) is 3.18. The van der Waals surface area contributed by atoms with Crippen LogP contribution in [0.4, 0.5) is 0 Å². The molecule has 4 heteroatoms. The van der Waals surface area contributed by atoms with E-state index >= 15 is 0 Å². The van der Waals surface area contributed by atoms with Gasteiger partial charge < -0.3 is 0 Å². The number of benzene rings is 1. The topological polar surface area (TPSA) is 34.1 Å². The van der Waals surface area contributed by atoms with Crippen LogP contribution in [0.15, 0.2) is 42.0 Å². The van der Waals surface area contributed by atoms with Gasteiger partial charge in [-0.3, -0.25) is 9.82 Å². The molecule has 0 fully saturated rings. The van der Waals surface area contributed by atoms with Crippen LogP contribution in [0.2, 0.25) is 0 Å². The standard InChI is InChI=1S/C12H14N2OS/c1-10(12-7-13-9-16-12)14-15-8-11-5-3-2-4-6-11/h2-7,9-10,14H,8H2,1H3. The second-order valence-corrected chi connectivity index (χ2v) is 4.44. The maximum atomic E-state index is 5.43. The molecule has 0 saturated heterocycles. The molecule has 1 aromatic carbocycles. The van der Waals surface area contributed by atoms with Gasteiger partial charge in [-0.05, 0) is 12.5 Å². The summed E-state index contributed by atoms with van der Waals surface area (Å²) in [6.07, 6.45) is 1.86. The Balaban J connectivity index is 1.76. The van der Waals surface area contributed by atoms with Gasteiger partial charge in [0.05, 0.1) is 18.2 Å². The van der Waals surface area contributed by atoms with Gasteiger partial charge in [0.15, 0.2) is 0 Å². The van der Waals surface area contributed by atoms with Gasteiger partial charge in [-0.2, -0.15) is 5.48 Å². The summed E-state index contributed by atoms with van der Waals surface area (Å²) < 4.78 is 0. The first-order chi connectivity index (χ1) is 7.86. The molecule has 1 heterocycles. The lowest BCUT2D eigenvalue weighted by Gasteiger charge is -2.11. The fraction of sp³-hybridized carbons (Fsp3) is 0.250. The van der Waals surface area contributed by atoms with E-state index in [9.17, 15) is 0 Å². The first-order valence-electron chi connectivity index (χ1n) is 5.16. The highest BCUT2D eigenvalue weighted by atomic mass is 32.1. The average molecular weight is 234 g/mol. The average Bonchev–Trinajstić information content (AvgIpc) is 2.84. The largest absolute Gasteiger partial charge is 0.296 e. The molecule has 0 aliphatic carbocycles. The second kappa shape index (κ2) is 5.75. The lowest BCUT2D eigenvalue weighted by molar-refractivity contribution is 0.00767. The van der Waals surface area contributed by atoms with Gasteiger partial charge in [-0.15, -0.1) is 11.3 Å². The maximum absolute atomic E-state index is 5.43. The van der Waals surface area contributed by atoms with E-state index < -0.39 is 0 Å². The number of nitrogens with zero attached hydrogens (tertiary/aromatic N) is 1. The zero-order valence-electron chi connectivity index (χ0n) is 9.09. The summed E-state index contributed by atoms with van der Waals surface area (Å²) in [5.41, 5.74) is 5.99. The molecule has 1 atom stereocenters. The second-order valence-electron chi connectivity index (χ2n) is 3.52. The van der Waals surface area contributed by atoms with Gasteiger partial charge in [0.2, 0.25) is 0 Å². The van der Waals surface area contributed by atoms with Crippen molar-refractivity contribution in [1.82, 2.24) is 10.5 Å². The third kappa shape index (κ3) is 3.13. The highest BCUT2D eigenvalue weighted by Gasteiger charge is 2.05. The summed E-state index contributed by atoms with van der Waals surface area (Å²) in [7, 11) is 0. The number of nitrogens with one attached hydrogen (secondary N) is 1. The summed E-state index contributed by atoms with van der Waals surface area (Å²) >= 11 is 1.62. The van der Waals surface area contributed by atoms with Crippen LogP contribution in [-0.2, 0) is 11.4 Å². The normalized spacial score (nSPS) is 12.6. The number of rotatable bonds is 5. The number of aromatic nitrogens is 1. The van der Waals surface area contributed by atoms with Crippen molar-refractivity contribution in [1.29, 1.82) is 0 Å². The summed E-state index contributed by atoms with van der Waals surface area (Å²) in [4.78, 5) is 10.6. The predicted octanol–water partition coefficient (Wildman–Crippen LogP) is 2.93. The first-order valence-corrected chi connectivity index (χ1v) is 6.04. The van der Waals surface area contributed by atoms with Crippen LogP contribution in [0.3, 0.4) is 0 Å². The van der Waals surface area contributed by atoms with E-state index in [-0.39, 0.29) is 6.04 Å². The Labute approximate surface area is 99.1 Å². The van der Waals surface area contributed by atoms with Gasteiger partial charge >= 0.3 is 0 Å². The molecule has 84 valence electrons. The van der Waals surface area contributed by atoms with Crippen molar-refractivity contribution in [3.63, 3.8) is 0 Å². The van der Waals surface area contributed by atoms with Crippen LogP contribution >= 0.6 is 11.3 Å². The Morgan fingerprint density at radius 1 is 1.38 bits per heavy atom. The van der Waals surface area contributed by atoms with E-state index in [2.05, 4.69) is 17.4 Å². The predicted molar refractivity (Wildman–Crippen MR) is 64.9 cm³/mol. The smallest absolute Gasteiger partial charge is 0.0933 e. The van der Waals surface area contributed by atoms with Crippen molar-refractivity contribution in [3.8, 4) is 0 Å². The Morgan fingerprint density at radius 3 is 2.88 bits per heavy atom. The fourth-order valence-electron chi connectivity index (χ4n) is 1.32. The van der Waals surface area contributed by atoms with Crippen molar-refractivity contribution in [3.05, 3.63) is 52.5 Å². The molecule has 1 N–H and O–H groups in total. The van der Waals surface area contributed by atoms with Gasteiger partial charge in [-0.1, -0.05) is 30.3 Å². The minimum absolute atomic E-state index is 0.177. The SMILES string of the molecule is CC(NOCc1ccccc1)c1cncs1. The molecule has 2 rings (SSSR count). The highest BCUT2D eigenvalue weighted by molar-refractivity contribution is 7.09. The van der Waals surface area contributed by atoms with E-state index in [1.54, 1.807) is 11.3 Å². The lowest BCUT2D eigenvalue weighted by Crippen LogP contribution is -2.18. The zero-order chi connectivity index (χ0) is 11.2. The molecular formula is C12H14N2OS. The van der Waals surface area contributed by atoms with Crippen molar-refractivity contribution in [2.45, 2.75) is 19.6 Å². The van der Waals surface area contributed by atoms with Gasteiger partial charge in [0, 0.05) is 11.1 Å². The molecule has 2 aromatic rings. The fourth-order valence-corrected chi connectivity index (χ4v) is 1.94.